The number of likely N-dealkylation sites (N-methyl/N-ethyl adjacent to an activating group) is 1. The average Bonchev–Trinajstić information content (AvgIpc) is 3.10. The van der Waals surface area contributed by atoms with E-state index in [4.69, 9.17) is 4.74 Å². The first-order valence-corrected chi connectivity index (χ1v) is 11.9. The van der Waals surface area contributed by atoms with E-state index >= 15 is 0 Å². The van der Waals surface area contributed by atoms with Gasteiger partial charge in [0.2, 0.25) is 5.91 Å². The van der Waals surface area contributed by atoms with Crippen molar-refractivity contribution in [3.8, 4) is 11.1 Å². The van der Waals surface area contributed by atoms with E-state index in [0.29, 0.717) is 0 Å². The van der Waals surface area contributed by atoms with Gasteiger partial charge < -0.3 is 25.4 Å². The topological polar surface area (TPSA) is 108 Å². The van der Waals surface area contributed by atoms with Crippen LogP contribution < -0.4 is 10.6 Å². The summed E-state index contributed by atoms with van der Waals surface area (Å²) in [5.41, 5.74) is 4.47. The Morgan fingerprint density at radius 3 is 1.97 bits per heavy atom. The number of carboxylic acid groups (broad SMARTS) is 1. The second kappa shape index (κ2) is 11.4. The molecule has 0 spiro atoms. The third-order valence-electron chi connectivity index (χ3n) is 6.41. The van der Waals surface area contributed by atoms with Gasteiger partial charge in [-0.2, -0.15) is 0 Å². The maximum Gasteiger partial charge on any atom is 0.407 e. The Morgan fingerprint density at radius 2 is 1.49 bits per heavy atom. The number of fused-ring (bicyclic) bond motifs is 3. The Morgan fingerprint density at radius 1 is 0.943 bits per heavy atom. The van der Waals surface area contributed by atoms with Crippen molar-refractivity contribution in [2.45, 2.75) is 38.8 Å². The van der Waals surface area contributed by atoms with E-state index in [1.807, 2.05) is 36.4 Å². The Hall–Kier alpha value is -3.39. The van der Waals surface area contributed by atoms with Crippen molar-refractivity contribution in [1.82, 2.24) is 15.5 Å². The molecule has 1 aliphatic rings. The standard InChI is InChI=1S/C27H35N3O5/c1-16(2)24(26(32)33)17(3)28-25(31)23(14-30(4)5)29-27(34)35-15-22-20-12-8-6-10-18(20)19-11-7-9-13-21(19)22/h6-13,16-17,22-24H,14-15H2,1-5H3,(H,28,31)(H,29,34)(H,32,33). The largest absolute Gasteiger partial charge is 0.481 e. The van der Waals surface area contributed by atoms with Crippen molar-refractivity contribution >= 4 is 18.0 Å². The lowest BCUT2D eigenvalue weighted by Gasteiger charge is -2.28. The molecule has 2 amide bonds. The zero-order chi connectivity index (χ0) is 25.7. The molecule has 1 aliphatic carbocycles. The lowest BCUT2D eigenvalue weighted by Crippen LogP contribution is -2.55. The molecule has 0 heterocycles. The normalized spacial score (nSPS) is 15.2. The molecule has 0 saturated carbocycles. The zero-order valence-electron chi connectivity index (χ0n) is 20.9. The van der Waals surface area contributed by atoms with Crippen molar-refractivity contribution in [2.24, 2.45) is 11.8 Å². The molecule has 0 aromatic heterocycles. The third kappa shape index (κ3) is 6.19. The second-order valence-corrected chi connectivity index (χ2v) is 9.69. The fourth-order valence-corrected chi connectivity index (χ4v) is 4.83. The molecule has 8 nitrogen and oxygen atoms in total. The van der Waals surface area contributed by atoms with Gasteiger partial charge in [-0.1, -0.05) is 62.4 Å². The highest BCUT2D eigenvalue weighted by Crippen LogP contribution is 2.44. The number of amides is 2. The molecule has 0 radical (unpaired) electrons. The number of aliphatic carboxylic acids is 1. The van der Waals surface area contributed by atoms with Gasteiger partial charge in [0.15, 0.2) is 0 Å². The summed E-state index contributed by atoms with van der Waals surface area (Å²) in [6.07, 6.45) is -0.694. The minimum atomic E-state index is -0.971. The number of rotatable bonds is 10. The number of nitrogens with zero attached hydrogens (tertiary/aromatic N) is 1. The summed E-state index contributed by atoms with van der Waals surface area (Å²) in [6, 6.07) is 14.6. The maximum absolute atomic E-state index is 13.0. The van der Waals surface area contributed by atoms with Gasteiger partial charge in [0.1, 0.15) is 12.6 Å². The van der Waals surface area contributed by atoms with Crippen LogP contribution in [0.3, 0.4) is 0 Å². The van der Waals surface area contributed by atoms with Crippen molar-refractivity contribution in [2.75, 3.05) is 27.2 Å². The number of carbonyl (C=O) groups is 3. The van der Waals surface area contributed by atoms with Crippen LogP contribution in [0.4, 0.5) is 4.79 Å². The van der Waals surface area contributed by atoms with Crippen LogP contribution in [0.15, 0.2) is 48.5 Å². The van der Waals surface area contributed by atoms with E-state index < -0.39 is 36.0 Å². The summed E-state index contributed by atoms with van der Waals surface area (Å²) in [7, 11) is 3.58. The van der Waals surface area contributed by atoms with Gasteiger partial charge in [-0.15, -0.1) is 0 Å². The van der Waals surface area contributed by atoms with Gasteiger partial charge >= 0.3 is 12.1 Å². The predicted octanol–water partition coefficient (Wildman–Crippen LogP) is 3.32. The van der Waals surface area contributed by atoms with E-state index in [2.05, 4.69) is 22.8 Å². The summed E-state index contributed by atoms with van der Waals surface area (Å²) < 4.78 is 5.59. The van der Waals surface area contributed by atoms with Crippen LogP contribution in [0.1, 0.15) is 37.8 Å². The summed E-state index contributed by atoms with van der Waals surface area (Å²) in [5.74, 6) is -2.41. The molecule has 2 aromatic rings. The van der Waals surface area contributed by atoms with Gasteiger partial charge in [0, 0.05) is 18.5 Å². The van der Waals surface area contributed by atoms with Crippen LogP contribution in [-0.4, -0.2) is 67.3 Å². The van der Waals surface area contributed by atoms with E-state index in [1.54, 1.807) is 39.8 Å². The van der Waals surface area contributed by atoms with Gasteiger partial charge in [-0.3, -0.25) is 9.59 Å². The molecule has 0 bridgehead atoms. The molecule has 188 valence electrons. The molecule has 0 fully saturated rings. The molecule has 8 heteroatoms. The first-order chi connectivity index (χ1) is 16.6. The average molecular weight is 482 g/mol. The lowest BCUT2D eigenvalue weighted by atomic mass is 9.89. The van der Waals surface area contributed by atoms with Crippen LogP contribution >= 0.6 is 0 Å². The van der Waals surface area contributed by atoms with Crippen molar-refractivity contribution < 1.29 is 24.2 Å². The van der Waals surface area contributed by atoms with Gasteiger partial charge in [0.25, 0.3) is 0 Å². The third-order valence-corrected chi connectivity index (χ3v) is 6.41. The highest BCUT2D eigenvalue weighted by atomic mass is 16.5. The molecule has 2 aromatic carbocycles. The molecule has 3 rings (SSSR count). The highest BCUT2D eigenvalue weighted by Gasteiger charge is 2.32. The molecular formula is C27H35N3O5. The van der Waals surface area contributed by atoms with Crippen LogP contribution in [0.5, 0.6) is 0 Å². The molecular weight excluding hydrogens is 446 g/mol. The minimum absolute atomic E-state index is 0.0864. The van der Waals surface area contributed by atoms with Crippen molar-refractivity contribution in [3.63, 3.8) is 0 Å². The first-order valence-electron chi connectivity index (χ1n) is 11.9. The van der Waals surface area contributed by atoms with E-state index in [9.17, 15) is 19.5 Å². The van der Waals surface area contributed by atoms with E-state index in [1.165, 1.54) is 0 Å². The first kappa shape index (κ1) is 26.2. The number of ether oxygens (including phenoxy) is 1. The van der Waals surface area contributed by atoms with Crippen LogP contribution in [0.2, 0.25) is 0 Å². The van der Waals surface area contributed by atoms with Crippen LogP contribution in [0, 0.1) is 11.8 Å². The second-order valence-electron chi connectivity index (χ2n) is 9.69. The SMILES string of the molecule is CC(C)C(C(=O)O)C(C)NC(=O)C(CN(C)C)NC(=O)OCC1c2ccccc2-c2ccccc21. The molecule has 3 unspecified atom stereocenters. The Labute approximate surface area is 206 Å². The van der Waals surface area contributed by atoms with Crippen molar-refractivity contribution in [3.05, 3.63) is 59.7 Å². The molecule has 0 aliphatic heterocycles. The highest BCUT2D eigenvalue weighted by molar-refractivity contribution is 5.86. The number of hydrogen-bond acceptors (Lipinski definition) is 5. The summed E-state index contributed by atoms with van der Waals surface area (Å²) in [5, 5.41) is 14.9. The zero-order valence-corrected chi connectivity index (χ0v) is 20.9. The summed E-state index contributed by atoms with van der Waals surface area (Å²) in [6.45, 7) is 5.64. The number of nitrogens with one attached hydrogen (secondary N) is 2. The quantitative estimate of drug-likeness (QED) is 0.481. The monoisotopic (exact) mass is 481 g/mol. The predicted molar refractivity (Wildman–Crippen MR) is 134 cm³/mol. The number of hydrogen-bond donors (Lipinski definition) is 3. The van der Waals surface area contributed by atoms with Gasteiger partial charge in [0.05, 0.1) is 5.92 Å². The van der Waals surface area contributed by atoms with Crippen LogP contribution in [-0.2, 0) is 14.3 Å². The number of benzene rings is 2. The smallest absolute Gasteiger partial charge is 0.407 e. The van der Waals surface area contributed by atoms with Gasteiger partial charge in [-0.25, -0.2) is 4.79 Å². The Bertz CT molecular complexity index is 1020. The maximum atomic E-state index is 13.0. The van der Waals surface area contributed by atoms with Crippen LogP contribution in [0.25, 0.3) is 11.1 Å². The number of carboxylic acids is 1. The lowest BCUT2D eigenvalue weighted by molar-refractivity contribution is -0.144. The summed E-state index contributed by atoms with van der Waals surface area (Å²) >= 11 is 0. The number of carbonyl (C=O) groups excluding carboxylic acids is 2. The molecule has 3 atom stereocenters. The van der Waals surface area contributed by atoms with Gasteiger partial charge in [-0.05, 0) is 49.2 Å². The summed E-state index contributed by atoms with van der Waals surface area (Å²) in [4.78, 5) is 39.1. The van der Waals surface area contributed by atoms with E-state index in [0.717, 1.165) is 22.3 Å². The van der Waals surface area contributed by atoms with E-state index in [-0.39, 0.29) is 25.0 Å². The molecule has 3 N–H and O–H groups in total. The Kier molecular flexibility index (Phi) is 8.51. The number of alkyl carbamates (subject to hydrolysis) is 1. The fourth-order valence-electron chi connectivity index (χ4n) is 4.83. The fraction of sp³-hybridized carbons (Fsp3) is 0.444. The minimum Gasteiger partial charge on any atom is -0.481 e. The molecule has 35 heavy (non-hydrogen) atoms. The Balaban J connectivity index is 1.66. The molecule has 0 saturated heterocycles. The van der Waals surface area contributed by atoms with Crippen molar-refractivity contribution in [1.29, 1.82) is 0 Å².